The van der Waals surface area contributed by atoms with Gasteiger partial charge in [-0.05, 0) is 48.8 Å². The van der Waals surface area contributed by atoms with Crippen LogP contribution in [-0.2, 0) is 9.53 Å². The molecular weight excluding hydrogens is 289 g/mol. The first-order valence-corrected chi connectivity index (χ1v) is 5.79. The molecule has 0 aliphatic heterocycles. The van der Waals surface area contributed by atoms with Crippen LogP contribution in [0.2, 0.25) is 0 Å². The van der Waals surface area contributed by atoms with E-state index in [1.54, 1.807) is 20.8 Å². The molecule has 0 spiro atoms. The highest BCUT2D eigenvalue weighted by Gasteiger charge is 2.14. The van der Waals surface area contributed by atoms with Crippen LogP contribution in [0.15, 0.2) is 22.8 Å². The first kappa shape index (κ1) is 13.8. The number of halogens is 2. The molecule has 0 aromatic carbocycles. The van der Waals surface area contributed by atoms with Crippen LogP contribution >= 0.6 is 15.9 Å². The van der Waals surface area contributed by atoms with E-state index in [1.165, 1.54) is 24.4 Å². The molecule has 17 heavy (non-hydrogen) atoms. The van der Waals surface area contributed by atoms with Gasteiger partial charge in [0.25, 0.3) is 0 Å². The molecule has 1 heterocycles. The Kier molecular flexibility index (Phi) is 4.40. The highest BCUT2D eigenvalue weighted by Crippen LogP contribution is 2.15. The van der Waals surface area contributed by atoms with Gasteiger partial charge in [0.2, 0.25) is 5.95 Å². The van der Waals surface area contributed by atoms with E-state index in [2.05, 4.69) is 20.9 Å². The zero-order valence-electron chi connectivity index (χ0n) is 9.83. The van der Waals surface area contributed by atoms with Crippen LogP contribution in [0.5, 0.6) is 0 Å². The van der Waals surface area contributed by atoms with E-state index >= 15 is 0 Å². The molecule has 0 fully saturated rings. The van der Waals surface area contributed by atoms with Gasteiger partial charge in [-0.25, -0.2) is 9.78 Å². The van der Waals surface area contributed by atoms with Crippen molar-refractivity contribution in [3.63, 3.8) is 0 Å². The fourth-order valence-corrected chi connectivity index (χ4v) is 1.40. The summed E-state index contributed by atoms with van der Waals surface area (Å²) in [7, 11) is 0. The number of aromatic nitrogens is 1. The molecule has 0 saturated carbocycles. The van der Waals surface area contributed by atoms with Gasteiger partial charge in [-0.2, -0.15) is 4.39 Å². The SMILES string of the molecule is CC(C)(C)OC(=O)/C=C/c1cc(Br)cnc1F. The van der Waals surface area contributed by atoms with Crippen molar-refractivity contribution in [1.29, 1.82) is 0 Å². The van der Waals surface area contributed by atoms with Crippen molar-refractivity contribution < 1.29 is 13.9 Å². The molecule has 1 rings (SSSR count). The molecule has 92 valence electrons. The lowest BCUT2D eigenvalue weighted by Gasteiger charge is -2.17. The Labute approximate surface area is 108 Å². The quantitative estimate of drug-likeness (QED) is 0.478. The van der Waals surface area contributed by atoms with Gasteiger partial charge in [-0.1, -0.05) is 0 Å². The molecule has 3 nitrogen and oxygen atoms in total. The average Bonchev–Trinajstić information content (AvgIpc) is 2.17. The van der Waals surface area contributed by atoms with Gasteiger partial charge in [0.1, 0.15) is 5.60 Å². The summed E-state index contributed by atoms with van der Waals surface area (Å²) in [4.78, 5) is 14.9. The monoisotopic (exact) mass is 301 g/mol. The fraction of sp³-hybridized carbons (Fsp3) is 0.333. The third-order valence-corrected chi connectivity index (χ3v) is 2.07. The molecule has 1 aromatic heterocycles. The maximum atomic E-state index is 13.2. The Hall–Kier alpha value is -1.23. The van der Waals surface area contributed by atoms with Crippen LogP contribution in [0.25, 0.3) is 6.08 Å². The minimum Gasteiger partial charge on any atom is -0.457 e. The third-order valence-electron chi connectivity index (χ3n) is 1.64. The topological polar surface area (TPSA) is 39.2 Å². The number of carbonyl (C=O) groups is 1. The average molecular weight is 302 g/mol. The molecule has 0 aliphatic carbocycles. The smallest absolute Gasteiger partial charge is 0.331 e. The molecule has 0 unspecified atom stereocenters. The normalized spacial score (nSPS) is 11.8. The van der Waals surface area contributed by atoms with E-state index < -0.39 is 17.5 Å². The van der Waals surface area contributed by atoms with Crippen molar-refractivity contribution in [2.45, 2.75) is 26.4 Å². The Morgan fingerprint density at radius 3 is 2.76 bits per heavy atom. The summed E-state index contributed by atoms with van der Waals surface area (Å²) >= 11 is 3.17. The molecule has 1 aromatic rings. The highest BCUT2D eigenvalue weighted by atomic mass is 79.9. The molecule has 0 bridgehead atoms. The van der Waals surface area contributed by atoms with Crippen LogP contribution in [0.4, 0.5) is 4.39 Å². The number of carbonyl (C=O) groups excluding carboxylic acids is 1. The maximum absolute atomic E-state index is 13.2. The van der Waals surface area contributed by atoms with E-state index in [-0.39, 0.29) is 5.56 Å². The van der Waals surface area contributed by atoms with Gasteiger partial charge in [-0.3, -0.25) is 0 Å². The zero-order chi connectivity index (χ0) is 13.1. The van der Waals surface area contributed by atoms with Crippen molar-refractivity contribution in [3.8, 4) is 0 Å². The largest absolute Gasteiger partial charge is 0.457 e. The lowest BCUT2D eigenvalue weighted by atomic mass is 10.2. The predicted octanol–water partition coefficient (Wildman–Crippen LogP) is 3.34. The van der Waals surface area contributed by atoms with Crippen molar-refractivity contribution in [2.75, 3.05) is 0 Å². The van der Waals surface area contributed by atoms with Crippen LogP contribution in [0.1, 0.15) is 26.3 Å². The molecule has 0 amide bonds. The number of pyridine rings is 1. The summed E-state index contributed by atoms with van der Waals surface area (Å²) in [5.74, 6) is -1.15. The summed E-state index contributed by atoms with van der Waals surface area (Å²) in [6, 6.07) is 1.53. The lowest BCUT2D eigenvalue weighted by Crippen LogP contribution is -2.22. The number of hydrogen-bond acceptors (Lipinski definition) is 3. The molecule has 0 N–H and O–H groups in total. The zero-order valence-corrected chi connectivity index (χ0v) is 11.4. The summed E-state index contributed by atoms with van der Waals surface area (Å²) in [5, 5.41) is 0. The van der Waals surface area contributed by atoms with Gasteiger partial charge in [-0.15, -0.1) is 0 Å². The second kappa shape index (κ2) is 5.40. The minimum atomic E-state index is -0.631. The number of esters is 1. The molecule has 0 aliphatic rings. The van der Waals surface area contributed by atoms with E-state index in [4.69, 9.17) is 4.74 Å². The first-order valence-electron chi connectivity index (χ1n) is 5.00. The van der Waals surface area contributed by atoms with E-state index in [9.17, 15) is 9.18 Å². The van der Waals surface area contributed by atoms with Crippen molar-refractivity contribution in [2.24, 2.45) is 0 Å². The first-order chi connectivity index (χ1) is 7.78. The number of hydrogen-bond donors (Lipinski definition) is 0. The Balaban J connectivity index is 2.77. The number of rotatable bonds is 2. The summed E-state index contributed by atoms with van der Waals surface area (Å²) < 4.78 is 18.9. The fourth-order valence-electron chi connectivity index (χ4n) is 1.05. The summed E-state index contributed by atoms with van der Waals surface area (Å²) in [6.45, 7) is 5.29. The maximum Gasteiger partial charge on any atom is 0.331 e. The van der Waals surface area contributed by atoms with Crippen molar-refractivity contribution in [3.05, 3.63) is 34.3 Å². The van der Waals surface area contributed by atoms with Crippen LogP contribution in [0, 0.1) is 5.95 Å². The Morgan fingerprint density at radius 2 is 2.18 bits per heavy atom. The second-order valence-corrected chi connectivity index (χ2v) is 5.32. The standard InChI is InChI=1S/C12H13BrFNO2/c1-12(2,3)17-10(16)5-4-8-6-9(13)7-15-11(8)14/h4-7H,1-3H3/b5-4+. The molecule has 5 heteroatoms. The van der Waals surface area contributed by atoms with Gasteiger partial charge < -0.3 is 4.74 Å². The summed E-state index contributed by atoms with van der Waals surface area (Å²) in [5.41, 5.74) is -0.333. The Morgan fingerprint density at radius 1 is 1.53 bits per heavy atom. The van der Waals surface area contributed by atoms with E-state index in [0.717, 1.165) is 0 Å². The van der Waals surface area contributed by atoms with E-state index in [1.807, 2.05) is 0 Å². The van der Waals surface area contributed by atoms with Gasteiger partial charge in [0, 0.05) is 22.3 Å². The molecule has 0 atom stereocenters. The molecular formula is C12H13BrFNO2. The van der Waals surface area contributed by atoms with Gasteiger partial charge in [0.05, 0.1) is 0 Å². The van der Waals surface area contributed by atoms with Gasteiger partial charge >= 0.3 is 5.97 Å². The van der Waals surface area contributed by atoms with Gasteiger partial charge in [0.15, 0.2) is 0 Å². The minimum absolute atomic E-state index is 0.227. The summed E-state index contributed by atoms with van der Waals surface area (Å²) in [6.07, 6.45) is 3.86. The van der Waals surface area contributed by atoms with Crippen molar-refractivity contribution >= 4 is 28.0 Å². The van der Waals surface area contributed by atoms with E-state index in [0.29, 0.717) is 4.47 Å². The van der Waals surface area contributed by atoms with Crippen LogP contribution in [-0.4, -0.2) is 16.6 Å². The predicted molar refractivity (Wildman–Crippen MR) is 66.8 cm³/mol. The van der Waals surface area contributed by atoms with Crippen molar-refractivity contribution in [1.82, 2.24) is 4.98 Å². The van der Waals surface area contributed by atoms with Crippen LogP contribution < -0.4 is 0 Å². The lowest BCUT2D eigenvalue weighted by molar-refractivity contribution is -0.148. The molecule has 0 radical (unpaired) electrons. The number of nitrogens with zero attached hydrogens (tertiary/aromatic N) is 1. The number of ether oxygens (including phenoxy) is 1. The molecule has 0 saturated heterocycles. The highest BCUT2D eigenvalue weighted by molar-refractivity contribution is 9.10. The Bertz CT molecular complexity index is 452. The second-order valence-electron chi connectivity index (χ2n) is 4.40. The third kappa shape index (κ3) is 5.08. The van der Waals surface area contributed by atoms with Crippen LogP contribution in [0.3, 0.4) is 0 Å².